The number of likely N-dealkylation sites (N-methyl/N-ethyl adjacent to an activating group) is 1. The van der Waals surface area contributed by atoms with Gasteiger partial charge in [0.2, 0.25) is 0 Å². The zero-order valence-corrected chi connectivity index (χ0v) is 12.0. The van der Waals surface area contributed by atoms with Gasteiger partial charge in [0.15, 0.2) is 0 Å². The highest BCUT2D eigenvalue weighted by Gasteiger charge is 2.44. The van der Waals surface area contributed by atoms with Gasteiger partial charge < -0.3 is 9.26 Å². The molecule has 2 atom stereocenters. The average Bonchev–Trinajstić information content (AvgIpc) is 2.22. The fourth-order valence-corrected chi connectivity index (χ4v) is 3.73. The van der Waals surface area contributed by atoms with E-state index in [0.29, 0.717) is 0 Å². The van der Waals surface area contributed by atoms with E-state index >= 15 is 0 Å². The first-order chi connectivity index (χ1) is 7.11. The standard InChI is InChI=1S/C10H22NO4P/c1-8(9(12)14-6)11(5)16(13,15-7)10(2,3)4/h8H,1-7H3. The lowest BCUT2D eigenvalue weighted by Crippen LogP contribution is -2.39. The van der Waals surface area contributed by atoms with E-state index in [1.807, 2.05) is 20.8 Å². The maximum atomic E-state index is 12.7. The van der Waals surface area contributed by atoms with Crippen LogP contribution in [0.25, 0.3) is 0 Å². The summed E-state index contributed by atoms with van der Waals surface area (Å²) < 4.78 is 23.9. The van der Waals surface area contributed by atoms with Gasteiger partial charge >= 0.3 is 5.97 Å². The molecule has 0 bridgehead atoms. The molecule has 0 spiro atoms. The van der Waals surface area contributed by atoms with Crippen molar-refractivity contribution < 1.29 is 18.6 Å². The fourth-order valence-electron chi connectivity index (χ4n) is 1.43. The highest BCUT2D eigenvalue weighted by atomic mass is 31.2. The topological polar surface area (TPSA) is 55.8 Å². The zero-order valence-electron chi connectivity index (χ0n) is 11.1. The largest absolute Gasteiger partial charge is 0.468 e. The Morgan fingerprint density at radius 1 is 1.31 bits per heavy atom. The highest BCUT2D eigenvalue weighted by molar-refractivity contribution is 7.58. The normalized spacial score (nSPS) is 18.0. The Hall–Kier alpha value is -0.380. The Balaban J connectivity index is 5.14. The summed E-state index contributed by atoms with van der Waals surface area (Å²) in [4.78, 5) is 11.4. The van der Waals surface area contributed by atoms with Gasteiger partial charge in [-0.25, -0.2) is 4.67 Å². The van der Waals surface area contributed by atoms with Crippen molar-refractivity contribution >= 4 is 13.5 Å². The molecule has 0 aromatic heterocycles. The maximum absolute atomic E-state index is 12.7. The lowest BCUT2D eigenvalue weighted by atomic mass is 10.3. The van der Waals surface area contributed by atoms with E-state index in [2.05, 4.69) is 4.74 Å². The summed E-state index contributed by atoms with van der Waals surface area (Å²) >= 11 is 0. The van der Waals surface area contributed by atoms with Crippen molar-refractivity contribution in [1.29, 1.82) is 0 Å². The number of rotatable bonds is 4. The molecule has 0 saturated heterocycles. The minimum absolute atomic E-state index is 0.427. The molecule has 0 N–H and O–H groups in total. The van der Waals surface area contributed by atoms with Gasteiger partial charge in [-0.1, -0.05) is 0 Å². The Labute approximate surface area is 97.6 Å². The molecule has 0 aliphatic rings. The number of nitrogens with zero attached hydrogens (tertiary/aromatic N) is 1. The Morgan fingerprint density at radius 3 is 2.00 bits per heavy atom. The molecule has 16 heavy (non-hydrogen) atoms. The van der Waals surface area contributed by atoms with Crippen LogP contribution in [-0.4, -0.2) is 43.1 Å². The molecular weight excluding hydrogens is 229 g/mol. The minimum atomic E-state index is -3.07. The van der Waals surface area contributed by atoms with E-state index in [4.69, 9.17) is 4.52 Å². The van der Waals surface area contributed by atoms with Crippen LogP contribution in [-0.2, 0) is 18.6 Å². The van der Waals surface area contributed by atoms with Crippen molar-refractivity contribution in [1.82, 2.24) is 4.67 Å². The number of ether oxygens (including phenoxy) is 1. The number of esters is 1. The summed E-state index contributed by atoms with van der Waals surface area (Å²) in [7, 11) is 1.24. The van der Waals surface area contributed by atoms with Gasteiger partial charge in [0, 0.05) is 7.11 Å². The molecule has 0 aliphatic carbocycles. The number of hydrogen-bond acceptors (Lipinski definition) is 4. The van der Waals surface area contributed by atoms with E-state index in [1.54, 1.807) is 14.0 Å². The lowest BCUT2D eigenvalue weighted by molar-refractivity contribution is -0.144. The van der Waals surface area contributed by atoms with Crippen LogP contribution in [0.1, 0.15) is 27.7 Å². The quantitative estimate of drug-likeness (QED) is 0.566. The predicted octanol–water partition coefficient (Wildman–Crippen LogP) is 2.12. The van der Waals surface area contributed by atoms with Gasteiger partial charge in [0.05, 0.1) is 12.3 Å². The van der Waals surface area contributed by atoms with Crippen molar-refractivity contribution in [2.24, 2.45) is 0 Å². The van der Waals surface area contributed by atoms with E-state index in [-0.39, 0.29) is 0 Å². The van der Waals surface area contributed by atoms with E-state index < -0.39 is 24.7 Å². The first-order valence-electron chi connectivity index (χ1n) is 5.08. The molecule has 96 valence electrons. The second-order valence-corrected chi connectivity index (χ2v) is 8.03. The van der Waals surface area contributed by atoms with Gasteiger partial charge in [0.1, 0.15) is 6.04 Å². The molecule has 0 amide bonds. The summed E-state index contributed by atoms with van der Waals surface area (Å²) in [5, 5.41) is -0.557. The third-order valence-corrected chi connectivity index (χ3v) is 5.98. The molecule has 0 rings (SSSR count). The van der Waals surface area contributed by atoms with Gasteiger partial charge in [-0.15, -0.1) is 0 Å². The highest BCUT2D eigenvalue weighted by Crippen LogP contribution is 2.60. The van der Waals surface area contributed by atoms with Crippen molar-refractivity contribution in [2.75, 3.05) is 21.3 Å². The van der Waals surface area contributed by atoms with E-state index in [0.717, 1.165) is 0 Å². The molecule has 2 unspecified atom stereocenters. The summed E-state index contributed by atoms with van der Waals surface area (Å²) in [5.74, 6) is -0.427. The number of carbonyl (C=O) groups is 1. The monoisotopic (exact) mass is 251 g/mol. The molecule has 0 aliphatic heterocycles. The number of hydrogen-bond donors (Lipinski definition) is 0. The maximum Gasteiger partial charge on any atom is 0.323 e. The summed E-state index contributed by atoms with van der Waals surface area (Å²) in [6, 6.07) is -0.602. The average molecular weight is 251 g/mol. The fraction of sp³-hybridized carbons (Fsp3) is 0.900. The van der Waals surface area contributed by atoms with E-state index in [1.165, 1.54) is 18.9 Å². The smallest absolute Gasteiger partial charge is 0.323 e. The third-order valence-electron chi connectivity index (χ3n) is 2.61. The van der Waals surface area contributed by atoms with Gasteiger partial charge in [-0.2, -0.15) is 0 Å². The van der Waals surface area contributed by atoms with Gasteiger partial charge in [0.25, 0.3) is 7.52 Å². The summed E-state index contributed by atoms with van der Waals surface area (Å²) in [5.41, 5.74) is 0. The first-order valence-corrected chi connectivity index (χ1v) is 6.66. The van der Waals surface area contributed by atoms with Crippen LogP contribution >= 0.6 is 7.52 Å². The van der Waals surface area contributed by atoms with Crippen LogP contribution in [0, 0.1) is 0 Å². The minimum Gasteiger partial charge on any atom is -0.468 e. The molecule has 0 fully saturated rings. The van der Waals surface area contributed by atoms with Crippen molar-refractivity contribution in [2.45, 2.75) is 38.9 Å². The van der Waals surface area contributed by atoms with Gasteiger partial charge in [-0.05, 0) is 34.7 Å². The van der Waals surface area contributed by atoms with Crippen LogP contribution in [0.4, 0.5) is 0 Å². The first kappa shape index (κ1) is 15.6. The van der Waals surface area contributed by atoms with Crippen LogP contribution in [0.2, 0.25) is 0 Å². The van der Waals surface area contributed by atoms with Crippen molar-refractivity contribution in [3.05, 3.63) is 0 Å². The summed E-state index contributed by atoms with van der Waals surface area (Å²) in [6.45, 7) is 7.09. The zero-order chi connectivity index (χ0) is 13.1. The van der Waals surface area contributed by atoms with Crippen molar-refractivity contribution in [3.8, 4) is 0 Å². The molecule has 0 saturated carbocycles. The lowest BCUT2D eigenvalue weighted by Gasteiger charge is -2.38. The predicted molar refractivity (Wildman–Crippen MR) is 63.6 cm³/mol. The number of methoxy groups -OCH3 is 1. The number of carbonyl (C=O) groups excluding carboxylic acids is 1. The second-order valence-electron chi connectivity index (χ2n) is 4.65. The Kier molecular flexibility index (Phi) is 5.17. The van der Waals surface area contributed by atoms with Crippen LogP contribution in [0.5, 0.6) is 0 Å². The Bertz CT molecular complexity index is 298. The third kappa shape index (κ3) is 2.84. The molecular formula is C10H22NO4P. The van der Waals surface area contributed by atoms with E-state index in [9.17, 15) is 9.36 Å². The molecule has 0 heterocycles. The molecule has 0 radical (unpaired) electrons. The molecule has 5 nitrogen and oxygen atoms in total. The van der Waals surface area contributed by atoms with Crippen LogP contribution in [0.15, 0.2) is 0 Å². The molecule has 0 aromatic rings. The second kappa shape index (κ2) is 5.30. The molecule has 6 heteroatoms. The SMILES string of the molecule is COC(=O)C(C)N(C)P(=O)(OC)C(C)(C)C. The summed E-state index contributed by atoms with van der Waals surface area (Å²) in [6.07, 6.45) is 0. The Morgan fingerprint density at radius 2 is 1.75 bits per heavy atom. The van der Waals surface area contributed by atoms with Gasteiger partial charge in [-0.3, -0.25) is 9.36 Å². The van der Waals surface area contributed by atoms with Crippen molar-refractivity contribution in [3.63, 3.8) is 0 Å². The van der Waals surface area contributed by atoms with Crippen LogP contribution < -0.4 is 0 Å². The van der Waals surface area contributed by atoms with Crippen LogP contribution in [0.3, 0.4) is 0 Å². The molecule has 0 aromatic carbocycles.